The minimum absolute atomic E-state index is 0.0321. The molecule has 0 aliphatic carbocycles. The predicted molar refractivity (Wildman–Crippen MR) is 426 cm³/mol. The molecule has 582 valence electrons. The number of phosphoric ester groups is 2. The molecule has 0 aliphatic rings. The van der Waals surface area contributed by atoms with Gasteiger partial charge in [0.25, 0.3) is 0 Å². The van der Waals surface area contributed by atoms with Crippen molar-refractivity contribution >= 4 is 33.6 Å². The molecule has 0 saturated heterocycles. The lowest BCUT2D eigenvalue weighted by Crippen LogP contribution is -2.30. The van der Waals surface area contributed by atoms with Crippen molar-refractivity contribution in [2.45, 2.75) is 283 Å². The van der Waals surface area contributed by atoms with E-state index >= 15 is 0 Å². The highest BCUT2D eigenvalue weighted by Gasteiger charge is 2.29. The Morgan fingerprint density at radius 3 is 0.825 bits per heavy atom. The molecule has 4 N–H and O–H groups in total. The molecule has 0 aliphatic heterocycles. The van der Waals surface area contributed by atoms with E-state index in [4.69, 9.17) is 32.3 Å². The highest BCUT2D eigenvalue weighted by atomic mass is 31.2. The van der Waals surface area contributed by atoms with Gasteiger partial charge < -0.3 is 34.2 Å². The smallest absolute Gasteiger partial charge is 0.463 e. The monoisotopic (exact) mass is 1470 g/mol. The second-order valence-corrected chi connectivity index (χ2v) is 27.9. The third kappa shape index (κ3) is 77.3. The third-order valence-electron chi connectivity index (χ3n) is 15.3. The molecule has 0 saturated carbocycles. The molecule has 0 spiro atoms. The van der Waals surface area contributed by atoms with E-state index in [1.54, 1.807) is 0 Å². The van der Waals surface area contributed by atoms with Crippen LogP contribution in [-0.4, -0.2) is 95.9 Å². The molecule has 0 bridgehead atoms. The van der Waals surface area contributed by atoms with Crippen molar-refractivity contribution in [3.8, 4) is 0 Å². The molecule has 0 aromatic rings. The molecule has 18 heteroatoms. The summed E-state index contributed by atoms with van der Waals surface area (Å²) in [6.07, 6.45) is 99.3. The highest BCUT2D eigenvalue weighted by Crippen LogP contribution is 2.45. The van der Waals surface area contributed by atoms with Crippen molar-refractivity contribution in [3.63, 3.8) is 0 Å². The molecule has 103 heavy (non-hydrogen) atoms. The maximum absolute atomic E-state index is 13.0. The Morgan fingerprint density at radius 2 is 0.505 bits per heavy atom. The van der Waals surface area contributed by atoms with Gasteiger partial charge in [-0.2, -0.15) is 0 Å². The van der Waals surface area contributed by atoms with E-state index in [9.17, 15) is 43.5 Å². The molecule has 0 rings (SSSR count). The molecule has 5 unspecified atom stereocenters. The van der Waals surface area contributed by atoms with E-state index in [2.05, 4.69) is 197 Å². The van der Waals surface area contributed by atoms with Gasteiger partial charge in [-0.1, -0.05) is 292 Å². The van der Waals surface area contributed by atoms with Crippen LogP contribution in [-0.2, 0) is 55.8 Å². The Hall–Kier alpha value is -5.61. The minimum atomic E-state index is -4.96. The largest absolute Gasteiger partial charge is 0.472 e. The first-order valence-electron chi connectivity index (χ1n) is 38.7. The summed E-state index contributed by atoms with van der Waals surface area (Å²) in [5, 5.41) is 20.6. The second kappa shape index (κ2) is 76.1. The van der Waals surface area contributed by atoms with Gasteiger partial charge in [-0.15, -0.1) is 0 Å². The van der Waals surface area contributed by atoms with Crippen LogP contribution in [0.1, 0.15) is 265 Å². The summed E-state index contributed by atoms with van der Waals surface area (Å²) in [7, 11) is -9.83. The summed E-state index contributed by atoms with van der Waals surface area (Å²) in [4.78, 5) is 58.6. The number of carbonyl (C=O) groups is 3. The molecular weight excluding hydrogens is 1340 g/mol. The number of allylic oxidation sites excluding steroid dienone is 32. The van der Waals surface area contributed by atoms with Crippen LogP contribution in [0, 0.1) is 0 Å². The summed E-state index contributed by atoms with van der Waals surface area (Å²) >= 11 is 0. The summed E-state index contributed by atoms with van der Waals surface area (Å²) < 4.78 is 61.0. The number of unbranched alkanes of at least 4 members (excludes halogenated alkanes) is 16. The molecule has 0 heterocycles. The number of esters is 3. The van der Waals surface area contributed by atoms with Crippen molar-refractivity contribution in [2.24, 2.45) is 0 Å². The van der Waals surface area contributed by atoms with Crippen LogP contribution in [0.25, 0.3) is 0 Å². The summed E-state index contributed by atoms with van der Waals surface area (Å²) in [5.74, 6) is -1.72. The number of rotatable bonds is 71. The van der Waals surface area contributed by atoms with Gasteiger partial charge in [-0.05, 0) is 148 Å². The Labute approximate surface area is 623 Å². The summed E-state index contributed by atoms with van der Waals surface area (Å²) in [5.41, 5.74) is 0. The van der Waals surface area contributed by atoms with Gasteiger partial charge in [0, 0.05) is 19.3 Å². The van der Waals surface area contributed by atoms with Gasteiger partial charge in [-0.3, -0.25) is 32.5 Å². The standard InChI is InChI=1S/C85H136O16P2/c1-4-7-10-13-16-19-22-25-28-31-33-34-35-36-37-38-39-40-41-42-43-44-46-49-50-53-56-59-62-65-68-71-83(88)95-74-80(86)75-97-102(91,92)98-76-81(87)77-99-103(93,94)100-79-82(101-85(90)73-70-67-64-61-58-55-52-47-30-27-24-21-18-15-12-9-6-3)78-96-84(89)72-69-66-63-60-57-54-51-48-45-32-29-26-23-20-17-14-11-8-5-2/h7-12,16-21,25-30,33-34,36-37,39-40,45,48,52,54-55,57,63,66,80-82,86-87H,4-6,13-15,22-24,31-32,35,38,41-44,46-47,49-51,53,56,58-62,64-65,67-79H2,1-3H3,(H,91,92)(H,93,94)/b10-7-,11-8-,12-9-,19-16-,20-17-,21-18-,28-25-,29-26-,30-27-,34-33-,37-36-,40-39-,48-45-,55-52-,57-54-,66-63-. The van der Waals surface area contributed by atoms with Gasteiger partial charge in [-0.25, -0.2) is 9.13 Å². The van der Waals surface area contributed by atoms with Crippen LogP contribution >= 0.6 is 15.6 Å². The molecule has 0 aromatic heterocycles. The summed E-state index contributed by atoms with van der Waals surface area (Å²) in [6.45, 7) is 2.19. The van der Waals surface area contributed by atoms with Crippen LogP contribution in [0.4, 0.5) is 0 Å². The van der Waals surface area contributed by atoms with E-state index in [-0.39, 0.29) is 19.3 Å². The molecule has 16 nitrogen and oxygen atoms in total. The van der Waals surface area contributed by atoms with E-state index in [0.29, 0.717) is 25.7 Å². The molecule has 0 radical (unpaired) electrons. The van der Waals surface area contributed by atoms with Crippen LogP contribution in [0.15, 0.2) is 194 Å². The number of hydrogen-bond donors (Lipinski definition) is 4. The lowest BCUT2D eigenvalue weighted by Gasteiger charge is -2.21. The van der Waals surface area contributed by atoms with Gasteiger partial charge in [0.05, 0.1) is 26.4 Å². The SMILES string of the molecule is CC/C=C\C/C=C\C/C=C\C/C=C\C/C=C\C/C=C\CCCCCCCCCCCCCCC(=O)OCC(O)COP(=O)(O)OCC(O)COP(=O)(O)OCC(COC(=O)CC/C=C\C/C=C\C/C=C\C/C=C\C/C=C\C/C=C\CC)OC(=O)CCCCCC/C=C\C/C=C\C/C=C\C/C=C\CC. The molecule has 0 amide bonds. The van der Waals surface area contributed by atoms with Crippen LogP contribution < -0.4 is 0 Å². The summed E-state index contributed by atoms with van der Waals surface area (Å²) in [6, 6.07) is 0. The highest BCUT2D eigenvalue weighted by molar-refractivity contribution is 7.47. The normalized spacial score (nSPS) is 15.1. The van der Waals surface area contributed by atoms with E-state index in [1.807, 2.05) is 18.2 Å². The van der Waals surface area contributed by atoms with Crippen LogP contribution in [0.2, 0.25) is 0 Å². The van der Waals surface area contributed by atoms with Gasteiger partial charge in [0.2, 0.25) is 0 Å². The first-order valence-corrected chi connectivity index (χ1v) is 41.7. The Morgan fingerprint density at radius 1 is 0.272 bits per heavy atom. The zero-order valence-electron chi connectivity index (χ0n) is 63.4. The molecule has 5 atom stereocenters. The topological polar surface area (TPSA) is 231 Å². The average Bonchev–Trinajstić information content (AvgIpc) is 0.915. The second-order valence-electron chi connectivity index (χ2n) is 25.0. The van der Waals surface area contributed by atoms with Gasteiger partial charge in [0.15, 0.2) is 6.10 Å². The number of aliphatic hydroxyl groups is 2. The quantitative estimate of drug-likeness (QED) is 0.0146. The number of ether oxygens (including phenoxy) is 3. The minimum Gasteiger partial charge on any atom is -0.463 e. The van der Waals surface area contributed by atoms with Crippen molar-refractivity contribution in [2.75, 3.05) is 39.6 Å². The van der Waals surface area contributed by atoms with Crippen molar-refractivity contribution in [1.82, 2.24) is 0 Å². The lowest BCUT2D eigenvalue weighted by molar-refractivity contribution is -0.161. The number of phosphoric acid groups is 2. The lowest BCUT2D eigenvalue weighted by atomic mass is 10.0. The maximum Gasteiger partial charge on any atom is 0.472 e. The van der Waals surface area contributed by atoms with Crippen molar-refractivity contribution < 1.29 is 75.8 Å². The average molecular weight is 1480 g/mol. The van der Waals surface area contributed by atoms with Crippen LogP contribution in [0.5, 0.6) is 0 Å². The van der Waals surface area contributed by atoms with Crippen molar-refractivity contribution in [3.05, 3.63) is 194 Å². The van der Waals surface area contributed by atoms with Crippen molar-refractivity contribution in [1.29, 1.82) is 0 Å². The first-order chi connectivity index (χ1) is 50.2. The predicted octanol–water partition coefficient (Wildman–Crippen LogP) is 22.8. The van der Waals surface area contributed by atoms with Gasteiger partial charge >= 0.3 is 33.6 Å². The molecule has 0 aromatic carbocycles. The Bertz CT molecular complexity index is 2650. The zero-order valence-corrected chi connectivity index (χ0v) is 65.2. The number of hydrogen-bond acceptors (Lipinski definition) is 14. The Kier molecular flexibility index (Phi) is 71.9. The number of aliphatic hydroxyl groups excluding tert-OH is 2. The molecular formula is C85H136O16P2. The first kappa shape index (κ1) is 97.4. The fourth-order valence-corrected chi connectivity index (χ4v) is 11.1. The van der Waals surface area contributed by atoms with E-state index in [0.717, 1.165) is 148 Å². The molecule has 0 fully saturated rings. The zero-order chi connectivity index (χ0) is 75.2. The maximum atomic E-state index is 13.0. The van der Waals surface area contributed by atoms with Crippen LogP contribution in [0.3, 0.4) is 0 Å². The number of carbonyl (C=O) groups excluding carboxylic acids is 3. The fourth-order valence-electron chi connectivity index (χ4n) is 9.53. The van der Waals surface area contributed by atoms with Gasteiger partial charge in [0.1, 0.15) is 25.4 Å². The van der Waals surface area contributed by atoms with E-state index in [1.165, 1.54) is 51.4 Å². The fraction of sp³-hybridized carbons (Fsp3) is 0.588. The Balaban J connectivity index is 4.61. The van der Waals surface area contributed by atoms with E-state index < -0.39 is 91.5 Å². The third-order valence-corrected chi connectivity index (χ3v) is 17.2.